The molecule has 2 unspecified atom stereocenters. The molecular weight excluding hydrogens is 456 g/mol. The third-order valence-electron chi connectivity index (χ3n) is 7.97. The number of allylic oxidation sites excluding steroid dienone is 4. The number of hydrogen-bond acceptors (Lipinski definition) is 2. The number of benzene rings is 1. The van der Waals surface area contributed by atoms with Crippen LogP contribution in [-0.4, -0.2) is 20.7 Å². The van der Waals surface area contributed by atoms with E-state index in [1.165, 1.54) is 21.9 Å². The van der Waals surface area contributed by atoms with E-state index in [1.54, 1.807) is 0 Å². The van der Waals surface area contributed by atoms with E-state index in [0.29, 0.717) is 33.5 Å². The molecule has 0 amide bonds. The maximum atomic E-state index is 5.52. The van der Waals surface area contributed by atoms with Crippen LogP contribution in [0.5, 0.6) is 0 Å². The van der Waals surface area contributed by atoms with Gasteiger partial charge in [-0.2, -0.15) is 10.0 Å². The van der Waals surface area contributed by atoms with E-state index in [-0.39, 0.29) is 6.04 Å². The smallest absolute Gasteiger partial charge is 0.0938 e. The monoisotopic (exact) mass is 506 g/mol. The highest BCUT2D eigenvalue weighted by atomic mass is 32.3. The molecule has 0 fully saturated rings. The molecule has 2 atom stereocenters. The van der Waals surface area contributed by atoms with Crippen molar-refractivity contribution in [3.63, 3.8) is 0 Å². The Bertz CT molecular complexity index is 1020. The summed E-state index contributed by atoms with van der Waals surface area (Å²) in [6.07, 6.45) is 5.81. The van der Waals surface area contributed by atoms with Crippen LogP contribution in [0.2, 0.25) is 0 Å². The van der Waals surface area contributed by atoms with Gasteiger partial charge in [-0.05, 0) is 57.3 Å². The van der Waals surface area contributed by atoms with Crippen molar-refractivity contribution in [2.24, 2.45) is 17.8 Å². The van der Waals surface area contributed by atoms with Gasteiger partial charge in [0, 0.05) is 11.6 Å². The highest BCUT2D eigenvalue weighted by molar-refractivity contribution is 8.35. The summed E-state index contributed by atoms with van der Waals surface area (Å²) in [6.45, 7) is 23.7. The minimum atomic E-state index is -1.11. The fourth-order valence-corrected chi connectivity index (χ4v) is 11.6. The molecule has 0 spiro atoms. The minimum Gasteiger partial charge on any atom is -0.376 e. The molecule has 36 heavy (non-hydrogen) atoms. The first kappa shape index (κ1) is 28.6. The first-order valence-corrected chi connectivity index (χ1v) is 15.8. The zero-order valence-electron chi connectivity index (χ0n) is 24.4. The zero-order valence-corrected chi connectivity index (χ0v) is 25.2. The number of rotatable bonds is 10. The third-order valence-corrected chi connectivity index (χ3v) is 13.6. The topological polar surface area (TPSA) is 24.9 Å². The van der Waals surface area contributed by atoms with Crippen molar-refractivity contribution in [1.29, 1.82) is 0 Å². The summed E-state index contributed by atoms with van der Waals surface area (Å²) < 4.78 is 0. The maximum absolute atomic E-state index is 5.52. The molecule has 3 heteroatoms. The summed E-state index contributed by atoms with van der Waals surface area (Å²) in [7, 11) is -1.11. The molecule has 0 radical (unpaired) electrons. The molecule has 1 aliphatic carbocycles. The van der Waals surface area contributed by atoms with Gasteiger partial charge in [-0.25, -0.2) is 4.98 Å². The quantitative estimate of drug-likeness (QED) is 0.347. The Morgan fingerprint density at radius 3 is 1.92 bits per heavy atom. The Morgan fingerprint density at radius 2 is 1.39 bits per heavy atom. The van der Waals surface area contributed by atoms with Crippen molar-refractivity contribution in [2.45, 2.75) is 102 Å². The van der Waals surface area contributed by atoms with Gasteiger partial charge in [0.1, 0.15) is 0 Å². The van der Waals surface area contributed by atoms with Gasteiger partial charge in [0.05, 0.1) is 16.8 Å². The normalized spacial score (nSPS) is 18.1. The van der Waals surface area contributed by atoms with Crippen LogP contribution in [0.3, 0.4) is 0 Å². The van der Waals surface area contributed by atoms with E-state index in [9.17, 15) is 0 Å². The second kappa shape index (κ2) is 12.0. The average Bonchev–Trinajstić information content (AvgIpc) is 2.82. The van der Waals surface area contributed by atoms with E-state index in [0.717, 1.165) is 12.1 Å². The van der Waals surface area contributed by atoms with Crippen LogP contribution in [0.15, 0.2) is 77.0 Å². The number of pyridine rings is 1. The van der Waals surface area contributed by atoms with Gasteiger partial charge in [-0.3, -0.25) is 0 Å². The van der Waals surface area contributed by atoms with Crippen molar-refractivity contribution in [3.05, 3.63) is 83.2 Å². The van der Waals surface area contributed by atoms with Gasteiger partial charge in [0.2, 0.25) is 0 Å². The molecule has 0 aliphatic heterocycles. The second-order valence-corrected chi connectivity index (χ2v) is 16.6. The summed E-state index contributed by atoms with van der Waals surface area (Å²) in [6, 6.07) is 17.7. The van der Waals surface area contributed by atoms with Crippen LogP contribution >= 0.6 is 10.0 Å². The fraction of sp³-hybridized carbons (Fsp3) is 0.545. The molecule has 198 valence electrons. The van der Waals surface area contributed by atoms with Gasteiger partial charge in [-0.1, -0.05) is 118 Å². The van der Waals surface area contributed by atoms with E-state index in [2.05, 4.69) is 135 Å². The van der Waals surface area contributed by atoms with Crippen LogP contribution in [0, 0.1) is 17.8 Å². The van der Waals surface area contributed by atoms with Crippen LogP contribution in [0.4, 0.5) is 0 Å². The van der Waals surface area contributed by atoms with Gasteiger partial charge >= 0.3 is 0 Å². The van der Waals surface area contributed by atoms with Crippen LogP contribution in [0.1, 0.15) is 93.0 Å². The van der Waals surface area contributed by atoms with Crippen molar-refractivity contribution in [2.75, 3.05) is 0 Å². The van der Waals surface area contributed by atoms with Gasteiger partial charge in [-0.15, -0.1) is 0 Å². The summed E-state index contributed by atoms with van der Waals surface area (Å²) >= 11 is 0. The molecule has 0 bridgehead atoms. The fourth-order valence-electron chi connectivity index (χ4n) is 6.34. The van der Waals surface area contributed by atoms with Crippen molar-refractivity contribution >= 4 is 10.0 Å². The minimum absolute atomic E-state index is 0.0197. The Kier molecular flexibility index (Phi) is 9.55. The molecule has 1 aromatic carbocycles. The predicted molar refractivity (Wildman–Crippen MR) is 161 cm³/mol. The van der Waals surface area contributed by atoms with E-state index in [1.807, 2.05) is 0 Å². The summed E-state index contributed by atoms with van der Waals surface area (Å²) in [5.41, 5.74) is 5.24. The SMILES string of the molecule is CC(C)C1=C(NC(c2ccccc2)c2cccc(S(C(C)C)(C(C)C)C(C)C)n2)C(C(C)C)CC=C1. The molecule has 0 saturated heterocycles. The number of hydrogen-bond donors (Lipinski definition) is 1. The lowest BCUT2D eigenvalue weighted by atomic mass is 9.80. The van der Waals surface area contributed by atoms with Gasteiger partial charge in [0.15, 0.2) is 0 Å². The highest BCUT2D eigenvalue weighted by Gasteiger charge is 2.38. The highest BCUT2D eigenvalue weighted by Crippen LogP contribution is 2.65. The second-order valence-electron chi connectivity index (χ2n) is 11.8. The Labute approximate surface area is 223 Å². The lowest BCUT2D eigenvalue weighted by Crippen LogP contribution is -2.33. The van der Waals surface area contributed by atoms with Gasteiger partial charge in [0.25, 0.3) is 0 Å². The Morgan fingerprint density at radius 1 is 0.778 bits per heavy atom. The van der Waals surface area contributed by atoms with Crippen molar-refractivity contribution < 1.29 is 0 Å². The van der Waals surface area contributed by atoms with Crippen LogP contribution in [-0.2, 0) is 0 Å². The molecular formula is C33H50N2S. The number of aromatic nitrogens is 1. The van der Waals surface area contributed by atoms with E-state index >= 15 is 0 Å². The lowest BCUT2D eigenvalue weighted by Gasteiger charge is -2.50. The van der Waals surface area contributed by atoms with Crippen LogP contribution in [0.25, 0.3) is 0 Å². The summed E-state index contributed by atoms with van der Waals surface area (Å²) in [5.74, 6) is 1.54. The van der Waals surface area contributed by atoms with Crippen molar-refractivity contribution in [3.8, 4) is 0 Å². The molecule has 2 nitrogen and oxygen atoms in total. The summed E-state index contributed by atoms with van der Waals surface area (Å²) in [5, 5.41) is 7.13. The first-order valence-electron chi connectivity index (χ1n) is 14.0. The van der Waals surface area contributed by atoms with E-state index < -0.39 is 10.0 Å². The number of nitrogens with zero attached hydrogens (tertiary/aromatic N) is 1. The predicted octanol–water partition coefficient (Wildman–Crippen LogP) is 9.29. The molecule has 2 aromatic rings. The maximum Gasteiger partial charge on any atom is 0.0938 e. The van der Waals surface area contributed by atoms with E-state index in [4.69, 9.17) is 4.98 Å². The zero-order chi connectivity index (χ0) is 26.6. The molecule has 0 saturated carbocycles. The molecule has 1 N–H and O–H groups in total. The Balaban J connectivity index is 2.20. The molecule has 1 aromatic heterocycles. The van der Waals surface area contributed by atoms with Crippen molar-refractivity contribution in [1.82, 2.24) is 10.3 Å². The Hall–Kier alpha value is -2.00. The largest absolute Gasteiger partial charge is 0.376 e. The number of nitrogens with one attached hydrogen (secondary N) is 1. The van der Waals surface area contributed by atoms with Crippen LogP contribution < -0.4 is 5.32 Å². The standard InChI is InChI=1S/C33H50N2S/c1-22(2)28-18-14-19-29(23(3)4)33(28)35-32(27-16-12-11-13-17-27)30-20-15-21-31(34-30)36(24(5)6,25(7)8)26(9)10/h11-18,20-26,29,32,35H,19H2,1-10H3. The average molecular weight is 507 g/mol. The lowest BCUT2D eigenvalue weighted by molar-refractivity contribution is 0.399. The van der Waals surface area contributed by atoms with Gasteiger partial charge < -0.3 is 5.32 Å². The third kappa shape index (κ3) is 5.62. The molecule has 1 heterocycles. The summed E-state index contributed by atoms with van der Waals surface area (Å²) in [4.78, 5) is 5.52. The molecule has 3 rings (SSSR count). The first-order chi connectivity index (χ1) is 17.0. The molecule has 1 aliphatic rings.